The van der Waals surface area contributed by atoms with Crippen molar-refractivity contribution in [1.29, 1.82) is 0 Å². The molecule has 1 amide bonds. The van der Waals surface area contributed by atoms with Crippen molar-refractivity contribution in [1.82, 2.24) is 10.3 Å². The van der Waals surface area contributed by atoms with Gasteiger partial charge in [0.1, 0.15) is 0 Å². The molecule has 0 saturated heterocycles. The number of carbonyl (C=O) groups excluding carboxylic acids is 2. The number of ether oxygens (including phenoxy) is 1. The largest absolute Gasteiger partial charge is 0.469 e. The molecule has 0 aliphatic rings. The van der Waals surface area contributed by atoms with Gasteiger partial charge in [0.2, 0.25) is 5.91 Å². The third-order valence-electron chi connectivity index (χ3n) is 2.24. The van der Waals surface area contributed by atoms with E-state index in [9.17, 15) is 9.59 Å². The van der Waals surface area contributed by atoms with Crippen LogP contribution >= 0.6 is 0 Å². The zero-order valence-electron chi connectivity index (χ0n) is 10.0. The minimum Gasteiger partial charge on any atom is -0.469 e. The van der Waals surface area contributed by atoms with E-state index in [2.05, 4.69) is 15.0 Å². The van der Waals surface area contributed by atoms with Gasteiger partial charge in [0.25, 0.3) is 0 Å². The molecule has 17 heavy (non-hydrogen) atoms. The van der Waals surface area contributed by atoms with Crippen LogP contribution in [0.4, 0.5) is 0 Å². The summed E-state index contributed by atoms with van der Waals surface area (Å²) in [5, 5.41) is 2.75. The third kappa shape index (κ3) is 4.63. The summed E-state index contributed by atoms with van der Waals surface area (Å²) in [5.74, 6) is -0.315. The Balaban J connectivity index is 2.59. The molecule has 5 nitrogen and oxygen atoms in total. The van der Waals surface area contributed by atoms with E-state index in [4.69, 9.17) is 0 Å². The number of methoxy groups -OCH3 is 1. The Hall–Kier alpha value is -1.91. The molecule has 0 atom stereocenters. The summed E-state index contributed by atoms with van der Waals surface area (Å²) in [7, 11) is 1.35. The average molecular weight is 236 g/mol. The van der Waals surface area contributed by atoms with Gasteiger partial charge in [-0.3, -0.25) is 14.6 Å². The highest BCUT2D eigenvalue weighted by Crippen LogP contribution is 2.04. The SMILES string of the molecule is CCC(=O)NCc1cncc(CC(=O)OC)c1. The zero-order chi connectivity index (χ0) is 12.7. The van der Waals surface area contributed by atoms with E-state index in [-0.39, 0.29) is 18.3 Å². The number of esters is 1. The standard InChI is InChI=1S/C12H16N2O3/c1-3-11(15)14-8-10-4-9(6-13-7-10)5-12(16)17-2/h4,6-7H,3,5,8H2,1-2H3,(H,14,15). The van der Waals surface area contributed by atoms with Gasteiger partial charge in [-0.2, -0.15) is 0 Å². The second-order valence-electron chi connectivity index (χ2n) is 3.58. The number of nitrogens with one attached hydrogen (secondary N) is 1. The molecule has 0 fully saturated rings. The van der Waals surface area contributed by atoms with Gasteiger partial charge in [0.15, 0.2) is 0 Å². The molecule has 0 bridgehead atoms. The van der Waals surface area contributed by atoms with Gasteiger partial charge in [-0.15, -0.1) is 0 Å². The van der Waals surface area contributed by atoms with Crippen LogP contribution in [0.3, 0.4) is 0 Å². The lowest BCUT2D eigenvalue weighted by molar-refractivity contribution is -0.139. The smallest absolute Gasteiger partial charge is 0.310 e. The van der Waals surface area contributed by atoms with Gasteiger partial charge in [0.05, 0.1) is 13.5 Å². The van der Waals surface area contributed by atoms with E-state index < -0.39 is 0 Å². The van der Waals surface area contributed by atoms with Gasteiger partial charge >= 0.3 is 5.97 Å². The first-order valence-electron chi connectivity index (χ1n) is 5.42. The lowest BCUT2D eigenvalue weighted by atomic mass is 10.1. The van der Waals surface area contributed by atoms with Crippen molar-refractivity contribution in [3.05, 3.63) is 29.6 Å². The lowest BCUT2D eigenvalue weighted by Gasteiger charge is -2.05. The maximum Gasteiger partial charge on any atom is 0.310 e. The van der Waals surface area contributed by atoms with Crippen molar-refractivity contribution in [3.8, 4) is 0 Å². The molecule has 0 aromatic carbocycles. The Morgan fingerprint density at radius 1 is 1.35 bits per heavy atom. The number of hydrogen-bond donors (Lipinski definition) is 1. The van der Waals surface area contributed by atoms with Crippen LogP contribution in [-0.4, -0.2) is 24.0 Å². The first-order chi connectivity index (χ1) is 8.15. The van der Waals surface area contributed by atoms with Gasteiger partial charge in [-0.05, 0) is 11.1 Å². The van der Waals surface area contributed by atoms with Crippen LogP contribution in [0, 0.1) is 0 Å². The van der Waals surface area contributed by atoms with Gasteiger partial charge in [-0.1, -0.05) is 13.0 Å². The summed E-state index contributed by atoms with van der Waals surface area (Å²) in [5.41, 5.74) is 1.65. The summed E-state index contributed by atoms with van der Waals surface area (Å²) >= 11 is 0. The van der Waals surface area contributed by atoms with Gasteiger partial charge in [-0.25, -0.2) is 0 Å². The predicted octanol–water partition coefficient (Wildman–Crippen LogP) is 0.823. The highest BCUT2D eigenvalue weighted by atomic mass is 16.5. The van der Waals surface area contributed by atoms with Crippen molar-refractivity contribution in [2.75, 3.05) is 7.11 Å². The highest BCUT2D eigenvalue weighted by molar-refractivity contribution is 5.75. The third-order valence-corrected chi connectivity index (χ3v) is 2.24. The molecule has 5 heteroatoms. The fraction of sp³-hybridized carbons (Fsp3) is 0.417. The second-order valence-corrected chi connectivity index (χ2v) is 3.58. The fourth-order valence-corrected chi connectivity index (χ4v) is 1.30. The predicted molar refractivity (Wildman–Crippen MR) is 62.1 cm³/mol. The number of hydrogen-bond acceptors (Lipinski definition) is 4. The van der Waals surface area contributed by atoms with Crippen LogP contribution in [-0.2, 0) is 27.3 Å². The Morgan fingerprint density at radius 2 is 2.06 bits per heavy atom. The minimum absolute atomic E-state index is 0.0108. The molecular weight excluding hydrogens is 220 g/mol. The van der Waals surface area contributed by atoms with Crippen molar-refractivity contribution < 1.29 is 14.3 Å². The van der Waals surface area contributed by atoms with Crippen LogP contribution in [0.5, 0.6) is 0 Å². The number of amides is 1. The molecule has 1 aromatic heterocycles. The molecule has 0 aliphatic carbocycles. The molecular formula is C12H16N2O3. The molecule has 1 N–H and O–H groups in total. The summed E-state index contributed by atoms with van der Waals surface area (Å²) in [6.45, 7) is 2.22. The van der Waals surface area contributed by atoms with Crippen molar-refractivity contribution in [3.63, 3.8) is 0 Å². The molecule has 0 unspecified atom stereocenters. The molecule has 92 valence electrons. The van der Waals surface area contributed by atoms with E-state index in [0.29, 0.717) is 13.0 Å². The fourth-order valence-electron chi connectivity index (χ4n) is 1.30. The molecule has 0 radical (unpaired) electrons. The Labute approximate surface area is 100 Å². The first-order valence-corrected chi connectivity index (χ1v) is 5.42. The van der Waals surface area contributed by atoms with Crippen molar-refractivity contribution >= 4 is 11.9 Å². The molecule has 0 aliphatic heterocycles. The van der Waals surface area contributed by atoms with Gasteiger partial charge < -0.3 is 10.1 Å². The van der Waals surface area contributed by atoms with E-state index >= 15 is 0 Å². The van der Waals surface area contributed by atoms with Crippen molar-refractivity contribution in [2.24, 2.45) is 0 Å². The second kappa shape index (κ2) is 6.62. The topological polar surface area (TPSA) is 68.3 Å². The summed E-state index contributed by atoms with van der Waals surface area (Å²) in [4.78, 5) is 26.2. The van der Waals surface area contributed by atoms with E-state index in [1.807, 2.05) is 6.07 Å². The van der Waals surface area contributed by atoms with Crippen LogP contribution < -0.4 is 5.32 Å². The number of nitrogens with zero attached hydrogens (tertiary/aromatic N) is 1. The number of pyridine rings is 1. The van der Waals surface area contributed by atoms with Crippen molar-refractivity contribution in [2.45, 2.75) is 26.3 Å². The maximum absolute atomic E-state index is 11.1. The Kier molecular flexibility index (Phi) is 5.13. The zero-order valence-corrected chi connectivity index (χ0v) is 10.0. The molecule has 0 spiro atoms. The maximum atomic E-state index is 11.1. The summed E-state index contributed by atoms with van der Waals surface area (Å²) < 4.78 is 4.57. The number of rotatable bonds is 5. The van der Waals surface area contributed by atoms with E-state index in [1.54, 1.807) is 19.3 Å². The van der Waals surface area contributed by atoms with Crippen LogP contribution in [0.15, 0.2) is 18.5 Å². The van der Waals surface area contributed by atoms with Crippen LogP contribution in [0.25, 0.3) is 0 Å². The normalized spacial score (nSPS) is 9.76. The van der Waals surface area contributed by atoms with Gasteiger partial charge in [0, 0.05) is 25.4 Å². The highest BCUT2D eigenvalue weighted by Gasteiger charge is 2.04. The number of aromatic nitrogens is 1. The van der Waals surface area contributed by atoms with Crippen LogP contribution in [0.1, 0.15) is 24.5 Å². The average Bonchev–Trinajstić information content (AvgIpc) is 2.36. The quantitative estimate of drug-likeness (QED) is 0.769. The molecule has 1 rings (SSSR count). The number of carbonyl (C=O) groups is 2. The van der Waals surface area contributed by atoms with E-state index in [0.717, 1.165) is 11.1 Å². The summed E-state index contributed by atoms with van der Waals surface area (Å²) in [6.07, 6.45) is 3.92. The first kappa shape index (κ1) is 13.2. The monoisotopic (exact) mass is 236 g/mol. The minimum atomic E-state index is -0.304. The Bertz CT molecular complexity index is 404. The molecule has 0 saturated carbocycles. The van der Waals surface area contributed by atoms with Crippen LogP contribution in [0.2, 0.25) is 0 Å². The molecule has 1 aromatic rings. The summed E-state index contributed by atoms with van der Waals surface area (Å²) in [6, 6.07) is 1.83. The van der Waals surface area contributed by atoms with E-state index in [1.165, 1.54) is 7.11 Å². The Morgan fingerprint density at radius 3 is 2.71 bits per heavy atom. The lowest BCUT2D eigenvalue weighted by Crippen LogP contribution is -2.21. The molecule has 1 heterocycles.